The lowest BCUT2D eigenvalue weighted by atomic mass is 9.93. The minimum absolute atomic E-state index is 0.0668. The number of nitrogens with two attached hydrogens (primary N) is 1. The number of amides is 3. The molecule has 0 spiro atoms. The highest BCUT2D eigenvalue weighted by molar-refractivity contribution is 5.83. The first-order valence-electron chi connectivity index (χ1n) is 5.25. The van der Waals surface area contributed by atoms with Crippen molar-refractivity contribution in [3.8, 4) is 0 Å². The summed E-state index contributed by atoms with van der Waals surface area (Å²) < 4.78 is 0. The van der Waals surface area contributed by atoms with E-state index in [9.17, 15) is 14.4 Å². The van der Waals surface area contributed by atoms with Crippen LogP contribution in [0.25, 0.3) is 0 Å². The van der Waals surface area contributed by atoms with Crippen LogP contribution in [0.15, 0.2) is 0 Å². The van der Waals surface area contributed by atoms with Crippen LogP contribution < -0.4 is 11.1 Å². The van der Waals surface area contributed by atoms with E-state index in [0.29, 0.717) is 0 Å². The molecule has 98 valence electrons. The largest absolute Gasteiger partial charge is 0.480 e. The van der Waals surface area contributed by atoms with Crippen molar-refractivity contribution in [2.24, 2.45) is 11.1 Å². The van der Waals surface area contributed by atoms with Crippen LogP contribution in [0.3, 0.4) is 0 Å². The number of primary amides is 1. The van der Waals surface area contributed by atoms with Crippen molar-refractivity contribution in [1.29, 1.82) is 0 Å². The summed E-state index contributed by atoms with van der Waals surface area (Å²) in [6, 6.07) is -0.524. The summed E-state index contributed by atoms with van der Waals surface area (Å²) in [5.74, 6) is -1.62. The van der Waals surface area contributed by atoms with E-state index in [2.05, 4.69) is 5.32 Å². The van der Waals surface area contributed by atoms with Gasteiger partial charge in [-0.25, -0.2) is 4.79 Å². The van der Waals surface area contributed by atoms with E-state index in [0.717, 1.165) is 4.90 Å². The zero-order chi connectivity index (χ0) is 13.6. The molecule has 0 unspecified atom stereocenters. The Morgan fingerprint density at radius 3 is 2.24 bits per heavy atom. The molecule has 0 heterocycles. The number of carbonyl (C=O) groups excluding carboxylic acids is 2. The zero-order valence-corrected chi connectivity index (χ0v) is 10.3. The van der Waals surface area contributed by atoms with Crippen molar-refractivity contribution in [2.45, 2.75) is 20.8 Å². The van der Waals surface area contributed by atoms with Gasteiger partial charge in [-0.3, -0.25) is 9.59 Å². The molecule has 0 bridgehead atoms. The van der Waals surface area contributed by atoms with Gasteiger partial charge in [-0.15, -0.1) is 0 Å². The van der Waals surface area contributed by atoms with E-state index < -0.39 is 23.3 Å². The molecular weight excluding hydrogens is 226 g/mol. The van der Waals surface area contributed by atoms with E-state index in [4.69, 9.17) is 10.8 Å². The normalized spacial score (nSPS) is 10.8. The van der Waals surface area contributed by atoms with Crippen LogP contribution in [-0.2, 0) is 9.59 Å². The van der Waals surface area contributed by atoms with Gasteiger partial charge in [0, 0.05) is 13.1 Å². The molecule has 0 radical (unpaired) electrons. The Balaban J connectivity index is 4.34. The first kappa shape index (κ1) is 15.2. The van der Waals surface area contributed by atoms with Crippen molar-refractivity contribution in [3.63, 3.8) is 0 Å². The molecule has 7 heteroatoms. The van der Waals surface area contributed by atoms with E-state index in [1.165, 1.54) is 0 Å². The Morgan fingerprint density at radius 1 is 1.35 bits per heavy atom. The fraction of sp³-hybridized carbons (Fsp3) is 0.700. The molecule has 0 fully saturated rings. The molecule has 0 rings (SSSR count). The smallest absolute Gasteiger partial charge is 0.323 e. The molecule has 0 aliphatic heterocycles. The van der Waals surface area contributed by atoms with Gasteiger partial charge in [0.15, 0.2) is 0 Å². The lowest BCUT2D eigenvalue weighted by molar-refractivity contribution is -0.137. The van der Waals surface area contributed by atoms with Gasteiger partial charge >= 0.3 is 12.0 Å². The maximum Gasteiger partial charge on any atom is 0.323 e. The molecule has 0 aromatic heterocycles. The second-order valence-electron chi connectivity index (χ2n) is 4.31. The lowest BCUT2D eigenvalue weighted by Crippen LogP contribution is -2.48. The third kappa shape index (κ3) is 5.19. The number of carboxylic acid groups (broad SMARTS) is 1. The van der Waals surface area contributed by atoms with Crippen LogP contribution in [0.1, 0.15) is 20.8 Å². The van der Waals surface area contributed by atoms with E-state index in [1.807, 2.05) is 0 Å². The third-order valence-electron chi connectivity index (χ3n) is 2.34. The van der Waals surface area contributed by atoms with Crippen LogP contribution >= 0.6 is 0 Å². The Labute approximate surface area is 100.0 Å². The zero-order valence-electron chi connectivity index (χ0n) is 10.3. The summed E-state index contributed by atoms with van der Waals surface area (Å²) in [6.07, 6.45) is 0. The van der Waals surface area contributed by atoms with Crippen LogP contribution in [0.2, 0.25) is 0 Å². The molecule has 0 saturated carbocycles. The Morgan fingerprint density at radius 2 is 1.88 bits per heavy atom. The SMILES string of the molecule is CCN(CC(=O)O)C(=O)NCC(C)(C)C(N)=O. The summed E-state index contributed by atoms with van der Waals surface area (Å²) in [5, 5.41) is 11.1. The second-order valence-corrected chi connectivity index (χ2v) is 4.31. The number of rotatable bonds is 6. The molecule has 3 amide bonds. The summed E-state index contributed by atoms with van der Waals surface area (Å²) in [7, 11) is 0. The highest BCUT2D eigenvalue weighted by Gasteiger charge is 2.26. The first-order chi connectivity index (χ1) is 7.70. The lowest BCUT2D eigenvalue weighted by Gasteiger charge is -2.24. The summed E-state index contributed by atoms with van der Waals surface area (Å²) >= 11 is 0. The number of urea groups is 1. The molecule has 0 aliphatic carbocycles. The number of carboxylic acids is 1. The Bertz CT molecular complexity index is 315. The molecule has 0 aliphatic rings. The van der Waals surface area contributed by atoms with Gasteiger partial charge in [0.05, 0.1) is 5.41 Å². The van der Waals surface area contributed by atoms with Crippen LogP contribution in [0, 0.1) is 5.41 Å². The number of hydrogen-bond donors (Lipinski definition) is 3. The van der Waals surface area contributed by atoms with Crippen molar-refractivity contribution >= 4 is 17.9 Å². The molecule has 0 saturated heterocycles. The van der Waals surface area contributed by atoms with E-state index >= 15 is 0 Å². The summed E-state index contributed by atoms with van der Waals surface area (Å²) in [5.41, 5.74) is 4.29. The van der Waals surface area contributed by atoms with Crippen LogP contribution in [-0.4, -0.2) is 47.5 Å². The predicted octanol–water partition coefficient (Wildman–Crippen LogP) is -0.386. The van der Waals surface area contributed by atoms with Crippen molar-refractivity contribution in [2.75, 3.05) is 19.6 Å². The monoisotopic (exact) mass is 245 g/mol. The molecule has 4 N–H and O–H groups in total. The quantitative estimate of drug-likeness (QED) is 0.591. The highest BCUT2D eigenvalue weighted by atomic mass is 16.4. The van der Waals surface area contributed by atoms with Gasteiger partial charge in [0.25, 0.3) is 0 Å². The van der Waals surface area contributed by atoms with Gasteiger partial charge in [-0.05, 0) is 20.8 Å². The molecule has 0 atom stereocenters. The minimum atomic E-state index is -1.09. The minimum Gasteiger partial charge on any atom is -0.480 e. The van der Waals surface area contributed by atoms with Gasteiger partial charge in [-0.2, -0.15) is 0 Å². The first-order valence-corrected chi connectivity index (χ1v) is 5.25. The van der Waals surface area contributed by atoms with Crippen molar-refractivity contribution in [3.05, 3.63) is 0 Å². The third-order valence-corrected chi connectivity index (χ3v) is 2.34. The van der Waals surface area contributed by atoms with Gasteiger partial charge in [-0.1, -0.05) is 0 Å². The topological polar surface area (TPSA) is 113 Å². The second kappa shape index (κ2) is 6.07. The summed E-state index contributed by atoms with van der Waals surface area (Å²) in [6.45, 7) is 4.83. The van der Waals surface area contributed by atoms with Gasteiger partial charge in [0.2, 0.25) is 5.91 Å². The predicted molar refractivity (Wildman–Crippen MR) is 61.3 cm³/mol. The van der Waals surface area contributed by atoms with Crippen LogP contribution in [0.4, 0.5) is 4.79 Å². The molecule has 17 heavy (non-hydrogen) atoms. The number of nitrogens with zero attached hydrogens (tertiary/aromatic N) is 1. The van der Waals surface area contributed by atoms with Crippen molar-refractivity contribution in [1.82, 2.24) is 10.2 Å². The fourth-order valence-corrected chi connectivity index (χ4v) is 0.986. The molecular formula is C10H19N3O4. The number of likely N-dealkylation sites (N-methyl/N-ethyl adjacent to an activating group) is 1. The average molecular weight is 245 g/mol. The van der Waals surface area contributed by atoms with Crippen molar-refractivity contribution < 1.29 is 19.5 Å². The number of nitrogens with one attached hydrogen (secondary N) is 1. The fourth-order valence-electron chi connectivity index (χ4n) is 0.986. The van der Waals surface area contributed by atoms with Gasteiger partial charge < -0.3 is 21.1 Å². The summed E-state index contributed by atoms with van der Waals surface area (Å²) in [4.78, 5) is 34.2. The standard InChI is InChI=1S/C10H19N3O4/c1-4-13(5-7(14)15)9(17)12-6-10(2,3)8(11)16/h4-6H2,1-3H3,(H2,11,16)(H,12,17)(H,14,15). The maximum atomic E-state index is 11.6. The molecule has 0 aromatic rings. The Kier molecular flexibility index (Phi) is 5.43. The Hall–Kier alpha value is -1.79. The van der Waals surface area contributed by atoms with Gasteiger partial charge in [0.1, 0.15) is 6.54 Å². The van der Waals surface area contributed by atoms with Crippen LogP contribution in [0.5, 0.6) is 0 Å². The molecule has 7 nitrogen and oxygen atoms in total. The van der Waals surface area contributed by atoms with E-state index in [-0.39, 0.29) is 19.6 Å². The maximum absolute atomic E-state index is 11.6. The highest BCUT2D eigenvalue weighted by Crippen LogP contribution is 2.11. The number of hydrogen-bond acceptors (Lipinski definition) is 3. The number of aliphatic carboxylic acids is 1. The average Bonchev–Trinajstić information content (AvgIpc) is 2.22. The van der Waals surface area contributed by atoms with E-state index in [1.54, 1.807) is 20.8 Å². The number of carbonyl (C=O) groups is 3. The molecule has 0 aromatic carbocycles.